The van der Waals surface area contributed by atoms with Gasteiger partial charge in [-0.25, -0.2) is 4.79 Å². The summed E-state index contributed by atoms with van der Waals surface area (Å²) >= 11 is 0. The molecule has 0 spiro atoms. The number of hydrogen-bond donors (Lipinski definition) is 1. The van der Waals surface area contributed by atoms with Crippen molar-refractivity contribution in [2.45, 2.75) is 70.7 Å². The lowest BCUT2D eigenvalue weighted by molar-refractivity contribution is -0.148. The number of benzene rings is 2. The van der Waals surface area contributed by atoms with Gasteiger partial charge in [0.1, 0.15) is 5.75 Å². The Kier molecular flexibility index (Phi) is 6.24. The SMILES string of the molecule is CC(C)Oc1cccc([C@@H](C)NC(=O)N2CCC[C@@H]3C(=O)N4CCc5ccccc5[C@@H]4C[C@@H]32)c1. The highest BCUT2D eigenvalue weighted by molar-refractivity contribution is 5.83. The number of amides is 3. The minimum atomic E-state index is -0.158. The molecule has 6 heteroatoms. The zero-order valence-corrected chi connectivity index (χ0v) is 20.4. The molecule has 0 bridgehead atoms. The summed E-state index contributed by atoms with van der Waals surface area (Å²) in [5.74, 6) is 0.930. The quantitative estimate of drug-likeness (QED) is 0.708. The van der Waals surface area contributed by atoms with E-state index in [4.69, 9.17) is 4.74 Å². The minimum Gasteiger partial charge on any atom is -0.491 e. The van der Waals surface area contributed by atoms with Gasteiger partial charge in [-0.1, -0.05) is 36.4 Å². The van der Waals surface area contributed by atoms with E-state index in [-0.39, 0.29) is 42.1 Å². The summed E-state index contributed by atoms with van der Waals surface area (Å²) in [4.78, 5) is 31.0. The van der Waals surface area contributed by atoms with Crippen molar-refractivity contribution in [1.82, 2.24) is 15.1 Å². The summed E-state index contributed by atoms with van der Waals surface area (Å²) in [6.07, 6.45) is 3.55. The molecule has 6 nitrogen and oxygen atoms in total. The molecule has 5 rings (SSSR count). The van der Waals surface area contributed by atoms with Crippen LogP contribution < -0.4 is 10.1 Å². The van der Waals surface area contributed by atoms with Crippen LogP contribution in [0.1, 0.15) is 68.8 Å². The fraction of sp³-hybridized carbons (Fsp3) is 0.500. The van der Waals surface area contributed by atoms with Gasteiger partial charge in [0.2, 0.25) is 5.91 Å². The number of nitrogens with zero attached hydrogens (tertiary/aromatic N) is 2. The molecule has 34 heavy (non-hydrogen) atoms. The molecule has 2 aromatic rings. The van der Waals surface area contributed by atoms with E-state index in [1.54, 1.807) is 0 Å². The van der Waals surface area contributed by atoms with E-state index >= 15 is 0 Å². The number of rotatable bonds is 4. The third kappa shape index (κ3) is 4.26. The fourth-order valence-electron chi connectivity index (χ4n) is 5.98. The predicted octanol–water partition coefficient (Wildman–Crippen LogP) is 4.85. The lowest BCUT2D eigenvalue weighted by atomic mass is 9.76. The largest absolute Gasteiger partial charge is 0.491 e. The maximum absolute atomic E-state index is 13.5. The number of nitrogens with one attached hydrogen (secondary N) is 1. The molecule has 0 saturated carbocycles. The van der Waals surface area contributed by atoms with E-state index in [9.17, 15) is 9.59 Å². The maximum atomic E-state index is 13.5. The van der Waals surface area contributed by atoms with Gasteiger partial charge in [-0.05, 0) is 75.3 Å². The smallest absolute Gasteiger partial charge is 0.318 e. The summed E-state index contributed by atoms with van der Waals surface area (Å²) in [6.45, 7) is 7.47. The van der Waals surface area contributed by atoms with E-state index in [0.717, 1.165) is 43.5 Å². The van der Waals surface area contributed by atoms with Crippen molar-refractivity contribution in [1.29, 1.82) is 0 Å². The number of piperidine rings is 2. The third-order valence-corrected chi connectivity index (χ3v) is 7.59. The molecule has 3 aliphatic heterocycles. The Balaban J connectivity index is 1.33. The van der Waals surface area contributed by atoms with Gasteiger partial charge in [0.15, 0.2) is 0 Å². The number of fused-ring (bicyclic) bond motifs is 4. The molecular weight excluding hydrogens is 426 g/mol. The summed E-state index contributed by atoms with van der Waals surface area (Å²) in [6, 6.07) is 16.1. The van der Waals surface area contributed by atoms with Crippen molar-refractivity contribution in [3.8, 4) is 5.75 Å². The third-order valence-electron chi connectivity index (χ3n) is 7.59. The second-order valence-corrected chi connectivity index (χ2v) is 10.2. The normalized spacial score (nSPS) is 24.7. The topological polar surface area (TPSA) is 61.9 Å². The number of carbonyl (C=O) groups is 2. The van der Waals surface area contributed by atoms with Crippen molar-refractivity contribution in [3.63, 3.8) is 0 Å². The molecule has 4 atom stereocenters. The van der Waals surface area contributed by atoms with E-state index < -0.39 is 0 Å². The summed E-state index contributed by atoms with van der Waals surface area (Å²) < 4.78 is 5.82. The van der Waals surface area contributed by atoms with Crippen LogP contribution in [-0.4, -0.2) is 47.0 Å². The first-order valence-corrected chi connectivity index (χ1v) is 12.6. The van der Waals surface area contributed by atoms with Crippen LogP contribution in [0.5, 0.6) is 5.75 Å². The van der Waals surface area contributed by atoms with Crippen molar-refractivity contribution in [2.75, 3.05) is 13.1 Å². The summed E-state index contributed by atoms with van der Waals surface area (Å²) in [5.41, 5.74) is 3.59. The zero-order chi connectivity index (χ0) is 23.8. The van der Waals surface area contributed by atoms with Gasteiger partial charge in [-0.3, -0.25) is 4.79 Å². The number of urea groups is 1. The second kappa shape index (κ2) is 9.32. The van der Waals surface area contributed by atoms with Crippen LogP contribution in [-0.2, 0) is 11.2 Å². The minimum absolute atomic E-state index is 0.0588. The van der Waals surface area contributed by atoms with Crippen LogP contribution in [0.15, 0.2) is 48.5 Å². The predicted molar refractivity (Wildman–Crippen MR) is 132 cm³/mol. The van der Waals surface area contributed by atoms with Crippen molar-refractivity contribution in [2.24, 2.45) is 5.92 Å². The van der Waals surface area contributed by atoms with Gasteiger partial charge < -0.3 is 19.9 Å². The van der Waals surface area contributed by atoms with Gasteiger partial charge >= 0.3 is 6.03 Å². The lowest BCUT2D eigenvalue weighted by Gasteiger charge is -2.51. The molecule has 2 saturated heterocycles. The van der Waals surface area contributed by atoms with Crippen LogP contribution >= 0.6 is 0 Å². The standard InChI is InChI=1S/C28H35N3O3/c1-18(2)34-22-10-6-9-21(16-22)19(3)29-28(33)31-14-7-12-24-26(31)17-25-23-11-5-4-8-20(23)13-15-30(25)27(24)32/h4-6,8-11,16,18-19,24-26H,7,12-15,17H2,1-3H3,(H,29,33)/t19-,24+,25+,26+/m1/s1. The average molecular weight is 462 g/mol. The lowest BCUT2D eigenvalue weighted by Crippen LogP contribution is -2.61. The molecular formula is C28H35N3O3. The molecule has 1 N–H and O–H groups in total. The number of carbonyl (C=O) groups excluding carboxylic acids is 2. The van der Waals surface area contributed by atoms with Crippen LogP contribution in [0, 0.1) is 5.92 Å². The first kappa shape index (κ1) is 22.8. The van der Waals surface area contributed by atoms with E-state index in [1.165, 1.54) is 11.1 Å². The highest BCUT2D eigenvalue weighted by Crippen LogP contribution is 2.43. The highest BCUT2D eigenvalue weighted by Gasteiger charge is 2.48. The molecule has 3 aliphatic rings. The Bertz CT molecular complexity index is 1070. The van der Waals surface area contributed by atoms with Gasteiger partial charge in [-0.2, -0.15) is 0 Å². The molecule has 3 amide bonds. The molecule has 180 valence electrons. The van der Waals surface area contributed by atoms with Gasteiger partial charge in [0.05, 0.1) is 24.1 Å². The monoisotopic (exact) mass is 461 g/mol. The van der Waals surface area contributed by atoms with Crippen LogP contribution in [0.3, 0.4) is 0 Å². The fourth-order valence-corrected chi connectivity index (χ4v) is 5.98. The highest BCUT2D eigenvalue weighted by atomic mass is 16.5. The van der Waals surface area contributed by atoms with E-state index in [1.807, 2.05) is 49.9 Å². The number of likely N-dealkylation sites (tertiary alicyclic amines) is 1. The zero-order valence-electron chi connectivity index (χ0n) is 20.4. The van der Waals surface area contributed by atoms with Crippen molar-refractivity contribution < 1.29 is 14.3 Å². The average Bonchev–Trinajstić information content (AvgIpc) is 2.83. The molecule has 0 aromatic heterocycles. The van der Waals surface area contributed by atoms with Crippen LogP contribution in [0.25, 0.3) is 0 Å². The Morgan fingerprint density at radius 3 is 2.74 bits per heavy atom. The molecule has 3 heterocycles. The second-order valence-electron chi connectivity index (χ2n) is 10.2. The summed E-state index contributed by atoms with van der Waals surface area (Å²) in [7, 11) is 0. The molecule has 0 aliphatic carbocycles. The van der Waals surface area contributed by atoms with E-state index in [2.05, 4.69) is 34.5 Å². The first-order valence-electron chi connectivity index (χ1n) is 12.6. The maximum Gasteiger partial charge on any atom is 0.318 e. The van der Waals surface area contributed by atoms with Crippen molar-refractivity contribution >= 4 is 11.9 Å². The van der Waals surface area contributed by atoms with Gasteiger partial charge in [0.25, 0.3) is 0 Å². The Labute approximate surface area is 202 Å². The molecule has 2 fully saturated rings. The van der Waals surface area contributed by atoms with Crippen molar-refractivity contribution in [3.05, 3.63) is 65.2 Å². The molecule has 2 aromatic carbocycles. The Morgan fingerprint density at radius 2 is 1.91 bits per heavy atom. The van der Waals surface area contributed by atoms with Gasteiger partial charge in [0, 0.05) is 19.1 Å². The summed E-state index contributed by atoms with van der Waals surface area (Å²) in [5, 5.41) is 3.19. The molecule has 0 radical (unpaired) electrons. The van der Waals surface area contributed by atoms with E-state index in [0.29, 0.717) is 6.54 Å². The Hall–Kier alpha value is -3.02. The number of hydrogen-bond acceptors (Lipinski definition) is 3. The first-order chi connectivity index (χ1) is 16.4. The van der Waals surface area contributed by atoms with Crippen LogP contribution in [0.4, 0.5) is 4.79 Å². The van der Waals surface area contributed by atoms with Crippen LogP contribution in [0.2, 0.25) is 0 Å². The number of ether oxygens (including phenoxy) is 1. The Morgan fingerprint density at radius 1 is 1.09 bits per heavy atom. The molecule has 0 unspecified atom stereocenters. The van der Waals surface area contributed by atoms with Gasteiger partial charge in [-0.15, -0.1) is 0 Å².